The van der Waals surface area contributed by atoms with Crippen molar-refractivity contribution in [3.05, 3.63) is 83.9 Å². The number of hydrogen-bond acceptors (Lipinski definition) is 5. The quantitative estimate of drug-likeness (QED) is 0.119. The van der Waals surface area contributed by atoms with Gasteiger partial charge in [0.1, 0.15) is 17.6 Å². The number of hydrogen-bond donors (Lipinski definition) is 0. The third-order valence-corrected chi connectivity index (χ3v) is 7.70. The molecule has 5 heteroatoms. The van der Waals surface area contributed by atoms with Crippen LogP contribution in [0.1, 0.15) is 111 Å². The second-order valence-electron chi connectivity index (χ2n) is 11.0. The van der Waals surface area contributed by atoms with Crippen LogP contribution < -0.4 is 9.47 Å². The Morgan fingerprint density at radius 3 is 1.78 bits per heavy atom. The van der Waals surface area contributed by atoms with Crippen LogP contribution in [0, 0.1) is 0 Å². The van der Waals surface area contributed by atoms with Crippen molar-refractivity contribution in [1.82, 2.24) is 0 Å². The number of rotatable bonds is 13. The zero-order valence-corrected chi connectivity index (χ0v) is 24.4. The van der Waals surface area contributed by atoms with Crippen molar-refractivity contribution in [1.29, 1.82) is 0 Å². The SMILES string of the molecule is CCCCCCCCOc1ccc(-c2ccc(C(=O)Oc3ccc(C(=O)OC4CCCCCCC4)cc3)cc2)cc1. The number of benzene rings is 3. The van der Waals surface area contributed by atoms with E-state index in [-0.39, 0.29) is 12.1 Å². The van der Waals surface area contributed by atoms with Crippen molar-refractivity contribution in [2.24, 2.45) is 0 Å². The van der Waals surface area contributed by atoms with E-state index in [4.69, 9.17) is 14.2 Å². The fourth-order valence-electron chi connectivity index (χ4n) is 5.20. The second kappa shape index (κ2) is 16.6. The Hall–Kier alpha value is -3.60. The predicted molar refractivity (Wildman–Crippen MR) is 164 cm³/mol. The maximum absolute atomic E-state index is 12.7. The molecular formula is C36H44O5. The summed E-state index contributed by atoms with van der Waals surface area (Å²) in [5, 5.41) is 0. The van der Waals surface area contributed by atoms with Crippen LogP contribution in [-0.2, 0) is 4.74 Å². The fraction of sp³-hybridized carbons (Fsp3) is 0.444. The van der Waals surface area contributed by atoms with Gasteiger partial charge in [-0.1, -0.05) is 82.6 Å². The predicted octanol–water partition coefficient (Wildman–Crippen LogP) is 9.58. The lowest BCUT2D eigenvalue weighted by Gasteiger charge is -2.20. The molecule has 41 heavy (non-hydrogen) atoms. The van der Waals surface area contributed by atoms with Crippen molar-refractivity contribution >= 4 is 11.9 Å². The maximum Gasteiger partial charge on any atom is 0.343 e. The van der Waals surface area contributed by atoms with Crippen LogP contribution in [0.25, 0.3) is 11.1 Å². The molecule has 1 fully saturated rings. The largest absolute Gasteiger partial charge is 0.494 e. The topological polar surface area (TPSA) is 61.8 Å². The van der Waals surface area contributed by atoms with Gasteiger partial charge in [0.05, 0.1) is 17.7 Å². The molecule has 0 aromatic heterocycles. The smallest absolute Gasteiger partial charge is 0.343 e. The van der Waals surface area contributed by atoms with Gasteiger partial charge in [0.25, 0.3) is 0 Å². The Labute approximate surface area is 245 Å². The molecule has 0 unspecified atom stereocenters. The lowest BCUT2D eigenvalue weighted by atomic mass is 9.98. The molecule has 1 aliphatic carbocycles. The van der Waals surface area contributed by atoms with Gasteiger partial charge in [-0.25, -0.2) is 9.59 Å². The average molecular weight is 557 g/mol. The lowest BCUT2D eigenvalue weighted by Crippen LogP contribution is -2.19. The Morgan fingerprint density at radius 1 is 0.610 bits per heavy atom. The van der Waals surface area contributed by atoms with E-state index >= 15 is 0 Å². The molecule has 5 nitrogen and oxygen atoms in total. The summed E-state index contributed by atoms with van der Waals surface area (Å²) in [6, 6.07) is 22.0. The number of carbonyl (C=O) groups is 2. The molecule has 218 valence electrons. The van der Waals surface area contributed by atoms with E-state index in [0.29, 0.717) is 16.9 Å². The van der Waals surface area contributed by atoms with Crippen LogP contribution in [0.3, 0.4) is 0 Å². The van der Waals surface area contributed by atoms with E-state index in [9.17, 15) is 9.59 Å². The van der Waals surface area contributed by atoms with Crippen LogP contribution in [0.15, 0.2) is 72.8 Å². The van der Waals surface area contributed by atoms with Crippen molar-refractivity contribution in [3.63, 3.8) is 0 Å². The van der Waals surface area contributed by atoms with Gasteiger partial charge < -0.3 is 14.2 Å². The van der Waals surface area contributed by atoms with Gasteiger partial charge in [0, 0.05) is 0 Å². The highest BCUT2D eigenvalue weighted by molar-refractivity contribution is 5.92. The number of esters is 2. The molecule has 3 aromatic rings. The zero-order chi connectivity index (χ0) is 28.7. The summed E-state index contributed by atoms with van der Waals surface area (Å²) in [4.78, 5) is 25.3. The summed E-state index contributed by atoms with van der Waals surface area (Å²) in [6.45, 7) is 2.98. The molecule has 1 saturated carbocycles. The standard InChI is InChI=1S/C36H44O5/c1-2-3-4-5-9-12-27-39-32-23-19-29(20-24-32)28-15-17-30(18-16-28)35(37)41-34-25-21-31(22-26-34)36(38)40-33-13-10-7-6-8-11-14-33/h15-26,33H,2-14,27H2,1H3. The van der Waals surface area contributed by atoms with Crippen LogP contribution in [-0.4, -0.2) is 24.6 Å². The Bertz CT molecular complexity index is 1190. The minimum atomic E-state index is -0.445. The monoisotopic (exact) mass is 556 g/mol. The summed E-state index contributed by atoms with van der Waals surface area (Å²) in [5.74, 6) is 0.501. The average Bonchev–Trinajstić information content (AvgIpc) is 2.99. The van der Waals surface area contributed by atoms with Crippen molar-refractivity contribution < 1.29 is 23.8 Å². The first-order valence-electron chi connectivity index (χ1n) is 15.5. The first kappa shape index (κ1) is 30.4. The summed E-state index contributed by atoms with van der Waals surface area (Å²) in [5.41, 5.74) is 2.99. The van der Waals surface area contributed by atoms with Gasteiger partial charge in [-0.05, 0) is 91.8 Å². The minimum absolute atomic E-state index is 0.00977. The van der Waals surface area contributed by atoms with Crippen LogP contribution in [0.4, 0.5) is 0 Å². The second-order valence-corrected chi connectivity index (χ2v) is 11.0. The van der Waals surface area contributed by atoms with Crippen molar-refractivity contribution in [2.45, 2.75) is 96.5 Å². The molecule has 3 aromatic carbocycles. The maximum atomic E-state index is 12.7. The molecule has 0 spiro atoms. The molecule has 0 N–H and O–H groups in total. The molecule has 0 saturated heterocycles. The first-order chi connectivity index (χ1) is 20.1. The third kappa shape index (κ3) is 10.1. The highest BCUT2D eigenvalue weighted by atomic mass is 16.5. The number of ether oxygens (including phenoxy) is 3. The van der Waals surface area contributed by atoms with E-state index in [0.717, 1.165) is 55.6 Å². The van der Waals surface area contributed by atoms with E-state index in [2.05, 4.69) is 6.92 Å². The van der Waals surface area contributed by atoms with Gasteiger partial charge >= 0.3 is 11.9 Å². The Morgan fingerprint density at radius 2 is 1.12 bits per heavy atom. The Balaban J connectivity index is 1.23. The molecule has 0 aliphatic heterocycles. The molecule has 0 radical (unpaired) electrons. The molecule has 1 aliphatic rings. The molecule has 4 rings (SSSR count). The molecule has 0 bridgehead atoms. The fourth-order valence-corrected chi connectivity index (χ4v) is 5.20. The summed E-state index contributed by atoms with van der Waals surface area (Å²) in [6.07, 6.45) is 15.2. The Kier molecular flexibility index (Phi) is 12.3. The van der Waals surface area contributed by atoms with Gasteiger partial charge in [-0.2, -0.15) is 0 Å². The van der Waals surface area contributed by atoms with Gasteiger partial charge in [-0.15, -0.1) is 0 Å². The normalized spacial score (nSPS) is 14.1. The first-order valence-corrected chi connectivity index (χ1v) is 15.5. The minimum Gasteiger partial charge on any atom is -0.494 e. The van der Waals surface area contributed by atoms with Crippen molar-refractivity contribution in [3.8, 4) is 22.6 Å². The molecule has 0 heterocycles. The van der Waals surface area contributed by atoms with Crippen LogP contribution in [0.5, 0.6) is 11.5 Å². The third-order valence-electron chi connectivity index (χ3n) is 7.70. The van der Waals surface area contributed by atoms with Gasteiger partial charge in [0.2, 0.25) is 0 Å². The molecule has 0 atom stereocenters. The van der Waals surface area contributed by atoms with E-state index in [1.807, 2.05) is 36.4 Å². The van der Waals surface area contributed by atoms with Gasteiger partial charge in [-0.3, -0.25) is 0 Å². The number of unbranched alkanes of at least 4 members (excludes halogenated alkanes) is 5. The zero-order valence-electron chi connectivity index (χ0n) is 24.4. The molecular weight excluding hydrogens is 512 g/mol. The highest BCUT2D eigenvalue weighted by Gasteiger charge is 2.18. The van der Waals surface area contributed by atoms with Crippen molar-refractivity contribution in [2.75, 3.05) is 6.61 Å². The summed E-state index contributed by atoms with van der Waals surface area (Å²) >= 11 is 0. The molecule has 0 amide bonds. The highest BCUT2D eigenvalue weighted by Crippen LogP contribution is 2.25. The van der Waals surface area contributed by atoms with E-state index in [1.54, 1.807) is 36.4 Å². The van der Waals surface area contributed by atoms with E-state index in [1.165, 1.54) is 51.4 Å². The summed E-state index contributed by atoms with van der Waals surface area (Å²) in [7, 11) is 0. The number of carbonyl (C=O) groups excluding carboxylic acids is 2. The van der Waals surface area contributed by atoms with E-state index < -0.39 is 5.97 Å². The summed E-state index contributed by atoms with van der Waals surface area (Å²) < 4.78 is 17.2. The lowest BCUT2D eigenvalue weighted by molar-refractivity contribution is 0.0239. The van der Waals surface area contributed by atoms with Crippen LogP contribution in [0.2, 0.25) is 0 Å². The van der Waals surface area contributed by atoms with Gasteiger partial charge in [0.15, 0.2) is 0 Å². The van der Waals surface area contributed by atoms with Crippen LogP contribution >= 0.6 is 0 Å².